The number of aryl methyl sites for hydroxylation is 2. The second kappa shape index (κ2) is 6.26. The van der Waals surface area contributed by atoms with Crippen LogP contribution in [0.2, 0.25) is 0 Å². The van der Waals surface area contributed by atoms with Gasteiger partial charge >= 0.3 is 0 Å². The molecule has 0 atom stereocenters. The zero-order chi connectivity index (χ0) is 11.1. The summed E-state index contributed by atoms with van der Waals surface area (Å²) in [5.74, 6) is 0.537. The highest BCUT2D eigenvalue weighted by molar-refractivity contribution is 5.24. The molecule has 1 aromatic heterocycles. The van der Waals surface area contributed by atoms with E-state index in [2.05, 4.69) is 20.5 Å². The smallest absolute Gasteiger partial charge is 0.243 e. The molecule has 0 bridgehead atoms. The summed E-state index contributed by atoms with van der Waals surface area (Å²) >= 11 is 0. The quantitative estimate of drug-likeness (QED) is 0.638. The zero-order valence-corrected chi connectivity index (χ0v) is 9.16. The fourth-order valence-corrected chi connectivity index (χ4v) is 0.952. The van der Waals surface area contributed by atoms with Crippen LogP contribution in [0.3, 0.4) is 0 Å². The van der Waals surface area contributed by atoms with Crippen LogP contribution in [-0.2, 0) is 4.74 Å². The van der Waals surface area contributed by atoms with Crippen molar-refractivity contribution in [1.29, 1.82) is 0 Å². The van der Waals surface area contributed by atoms with Crippen molar-refractivity contribution in [3.8, 4) is 0 Å². The average Bonchev–Trinajstić information content (AvgIpc) is 2.23. The minimum Gasteiger partial charge on any atom is -0.378 e. The van der Waals surface area contributed by atoms with Crippen LogP contribution in [0.5, 0.6) is 0 Å². The molecule has 0 unspecified atom stereocenters. The first-order chi connectivity index (χ1) is 7.24. The maximum absolute atomic E-state index is 5.28. The summed E-state index contributed by atoms with van der Waals surface area (Å²) in [7, 11) is 0. The summed E-state index contributed by atoms with van der Waals surface area (Å²) < 4.78 is 5.20. The summed E-state index contributed by atoms with van der Waals surface area (Å²) in [4.78, 5) is 4.23. The molecule has 15 heavy (non-hydrogen) atoms. The Morgan fingerprint density at radius 2 is 2.00 bits per heavy atom. The van der Waals surface area contributed by atoms with E-state index in [4.69, 9.17) is 10.5 Å². The lowest BCUT2D eigenvalue weighted by Crippen LogP contribution is -2.16. The molecule has 1 aromatic rings. The highest BCUT2D eigenvalue weighted by Crippen LogP contribution is 2.00. The third-order valence-corrected chi connectivity index (χ3v) is 1.88. The lowest BCUT2D eigenvalue weighted by atomic mass is 10.4. The van der Waals surface area contributed by atoms with Crippen molar-refractivity contribution in [2.45, 2.75) is 13.8 Å². The number of anilines is 1. The first kappa shape index (κ1) is 11.8. The van der Waals surface area contributed by atoms with Gasteiger partial charge in [-0.15, -0.1) is 5.10 Å². The van der Waals surface area contributed by atoms with Crippen molar-refractivity contribution in [1.82, 2.24) is 15.2 Å². The standard InChI is InChI=1S/C9H17N5O/c1-7-8(2)13-14-9(12-7)11-4-6-15-5-3-10/h3-6,10H2,1-2H3,(H,11,12,14). The number of aromatic nitrogens is 3. The molecule has 0 aliphatic rings. The van der Waals surface area contributed by atoms with Gasteiger partial charge in [0.15, 0.2) is 0 Å². The van der Waals surface area contributed by atoms with Gasteiger partial charge in [0.2, 0.25) is 5.95 Å². The highest BCUT2D eigenvalue weighted by Gasteiger charge is 1.99. The molecule has 3 N–H and O–H groups in total. The molecular formula is C9H17N5O. The van der Waals surface area contributed by atoms with Crippen LogP contribution in [0.4, 0.5) is 5.95 Å². The molecule has 0 fully saturated rings. The van der Waals surface area contributed by atoms with Crippen molar-refractivity contribution in [3.63, 3.8) is 0 Å². The van der Waals surface area contributed by atoms with Gasteiger partial charge in [-0.3, -0.25) is 0 Å². The minimum absolute atomic E-state index is 0.537. The molecule has 0 aliphatic carbocycles. The fraction of sp³-hybridized carbons (Fsp3) is 0.667. The van der Waals surface area contributed by atoms with Crippen molar-refractivity contribution in [3.05, 3.63) is 11.4 Å². The molecule has 6 nitrogen and oxygen atoms in total. The molecule has 0 saturated heterocycles. The molecule has 0 aliphatic heterocycles. The summed E-state index contributed by atoms with van der Waals surface area (Å²) in [6, 6.07) is 0. The number of ether oxygens (including phenoxy) is 1. The molecule has 1 rings (SSSR count). The van der Waals surface area contributed by atoms with E-state index in [1.807, 2.05) is 13.8 Å². The molecule has 1 heterocycles. The van der Waals surface area contributed by atoms with Crippen molar-refractivity contribution in [2.24, 2.45) is 5.73 Å². The summed E-state index contributed by atoms with van der Waals surface area (Å²) in [6.07, 6.45) is 0. The third kappa shape index (κ3) is 4.18. The van der Waals surface area contributed by atoms with Gasteiger partial charge in [-0.2, -0.15) is 5.10 Å². The normalized spacial score (nSPS) is 10.3. The predicted molar refractivity (Wildman–Crippen MR) is 57.7 cm³/mol. The minimum atomic E-state index is 0.537. The Morgan fingerprint density at radius 1 is 1.20 bits per heavy atom. The van der Waals surface area contributed by atoms with Gasteiger partial charge in [-0.1, -0.05) is 0 Å². The van der Waals surface area contributed by atoms with E-state index in [0.717, 1.165) is 11.4 Å². The van der Waals surface area contributed by atoms with E-state index in [9.17, 15) is 0 Å². The predicted octanol–water partition coefficient (Wildman–Crippen LogP) is -0.124. The van der Waals surface area contributed by atoms with Crippen molar-refractivity contribution >= 4 is 5.95 Å². The van der Waals surface area contributed by atoms with E-state index in [1.54, 1.807) is 0 Å². The molecule has 0 amide bonds. The Kier molecular flexibility index (Phi) is 4.92. The van der Waals surface area contributed by atoms with Crippen molar-refractivity contribution in [2.75, 3.05) is 31.6 Å². The molecule has 84 valence electrons. The number of nitrogens with two attached hydrogens (primary N) is 1. The van der Waals surface area contributed by atoms with Crippen molar-refractivity contribution < 1.29 is 4.74 Å². The van der Waals surface area contributed by atoms with E-state index >= 15 is 0 Å². The zero-order valence-electron chi connectivity index (χ0n) is 9.16. The van der Waals surface area contributed by atoms with Crippen LogP contribution in [0, 0.1) is 13.8 Å². The Morgan fingerprint density at radius 3 is 2.67 bits per heavy atom. The summed E-state index contributed by atoms with van der Waals surface area (Å²) in [5.41, 5.74) is 7.01. The highest BCUT2D eigenvalue weighted by atomic mass is 16.5. The van der Waals surface area contributed by atoms with Crippen LogP contribution in [-0.4, -0.2) is 41.5 Å². The Labute approximate surface area is 89.3 Å². The monoisotopic (exact) mass is 211 g/mol. The number of rotatable bonds is 6. The Hall–Kier alpha value is -1.27. The maximum Gasteiger partial charge on any atom is 0.243 e. The molecule has 0 aromatic carbocycles. The van der Waals surface area contributed by atoms with Gasteiger partial charge in [0, 0.05) is 13.1 Å². The second-order valence-corrected chi connectivity index (χ2v) is 3.13. The molecule has 0 radical (unpaired) electrons. The number of nitrogens with zero attached hydrogens (tertiary/aromatic N) is 3. The topological polar surface area (TPSA) is 86.0 Å². The molecule has 6 heteroatoms. The van der Waals surface area contributed by atoms with E-state index in [0.29, 0.717) is 32.3 Å². The Balaban J connectivity index is 2.28. The van der Waals surface area contributed by atoms with Gasteiger partial charge < -0.3 is 15.8 Å². The van der Waals surface area contributed by atoms with E-state index < -0.39 is 0 Å². The fourth-order valence-electron chi connectivity index (χ4n) is 0.952. The molecular weight excluding hydrogens is 194 g/mol. The first-order valence-corrected chi connectivity index (χ1v) is 4.93. The van der Waals surface area contributed by atoms with Crippen LogP contribution >= 0.6 is 0 Å². The van der Waals surface area contributed by atoms with Gasteiger partial charge in [-0.05, 0) is 13.8 Å². The molecule has 0 spiro atoms. The number of nitrogens with one attached hydrogen (secondary N) is 1. The van der Waals surface area contributed by atoms with E-state index in [-0.39, 0.29) is 0 Å². The van der Waals surface area contributed by atoms with Gasteiger partial charge in [0.1, 0.15) is 0 Å². The third-order valence-electron chi connectivity index (χ3n) is 1.88. The summed E-state index contributed by atoms with van der Waals surface area (Å²) in [6.45, 7) is 6.15. The largest absolute Gasteiger partial charge is 0.378 e. The SMILES string of the molecule is Cc1nnc(NCCOCCN)nc1C. The molecule has 0 saturated carbocycles. The van der Waals surface area contributed by atoms with Crippen LogP contribution in [0.1, 0.15) is 11.4 Å². The lowest BCUT2D eigenvalue weighted by Gasteiger charge is -2.05. The van der Waals surface area contributed by atoms with Crippen LogP contribution in [0.15, 0.2) is 0 Å². The van der Waals surface area contributed by atoms with Gasteiger partial charge in [-0.25, -0.2) is 4.98 Å². The Bertz CT molecular complexity index is 305. The average molecular weight is 211 g/mol. The number of hydrogen-bond acceptors (Lipinski definition) is 6. The van der Waals surface area contributed by atoms with Crippen LogP contribution in [0.25, 0.3) is 0 Å². The summed E-state index contributed by atoms with van der Waals surface area (Å²) in [5, 5.41) is 10.9. The van der Waals surface area contributed by atoms with Crippen LogP contribution < -0.4 is 11.1 Å². The van der Waals surface area contributed by atoms with Gasteiger partial charge in [0.25, 0.3) is 0 Å². The lowest BCUT2D eigenvalue weighted by molar-refractivity contribution is 0.151. The first-order valence-electron chi connectivity index (χ1n) is 4.93. The second-order valence-electron chi connectivity index (χ2n) is 3.13. The number of hydrogen-bond donors (Lipinski definition) is 2. The van der Waals surface area contributed by atoms with Gasteiger partial charge in [0.05, 0.1) is 24.6 Å². The van der Waals surface area contributed by atoms with E-state index in [1.165, 1.54) is 0 Å². The maximum atomic E-state index is 5.28.